The van der Waals surface area contributed by atoms with Gasteiger partial charge in [0, 0.05) is 18.8 Å². The summed E-state index contributed by atoms with van der Waals surface area (Å²) in [6, 6.07) is 0.831. The smallest absolute Gasteiger partial charge is 0.335 e. The molecule has 18 heavy (non-hydrogen) atoms. The summed E-state index contributed by atoms with van der Waals surface area (Å²) in [7, 11) is -2.06. The van der Waals surface area contributed by atoms with Crippen molar-refractivity contribution in [1.29, 1.82) is 0 Å². The summed E-state index contributed by atoms with van der Waals surface area (Å²) in [5, 5.41) is 0. The molecule has 0 saturated carbocycles. The summed E-state index contributed by atoms with van der Waals surface area (Å²) in [5.74, 6) is -0.332. The van der Waals surface area contributed by atoms with E-state index < -0.39 is 8.56 Å². The van der Waals surface area contributed by atoms with Gasteiger partial charge >= 0.3 is 14.5 Å². The molecular formula is C12H28O4Si2. The van der Waals surface area contributed by atoms with Gasteiger partial charge in [0.25, 0.3) is 0 Å². The van der Waals surface area contributed by atoms with Gasteiger partial charge in [-0.05, 0) is 50.7 Å². The van der Waals surface area contributed by atoms with Crippen molar-refractivity contribution in [2.24, 2.45) is 0 Å². The molecule has 0 heterocycles. The number of carbonyl (C=O) groups is 1. The topological polar surface area (TPSA) is 44.8 Å². The van der Waals surface area contributed by atoms with E-state index in [1.165, 1.54) is 0 Å². The van der Waals surface area contributed by atoms with Gasteiger partial charge in [-0.2, -0.15) is 0 Å². The Bertz CT molecular complexity index is 250. The van der Waals surface area contributed by atoms with Crippen LogP contribution >= 0.6 is 0 Å². The minimum Gasteiger partial charge on any atom is -0.462 e. The van der Waals surface area contributed by atoms with Crippen molar-refractivity contribution in [3.8, 4) is 0 Å². The average molecular weight is 293 g/mol. The van der Waals surface area contributed by atoms with Crippen LogP contribution in [0.3, 0.4) is 0 Å². The van der Waals surface area contributed by atoms with Gasteiger partial charge in [-0.1, -0.05) is 6.58 Å². The average Bonchev–Trinajstić information content (AvgIpc) is 2.24. The number of rotatable bonds is 9. The second kappa shape index (κ2) is 10.5. The van der Waals surface area contributed by atoms with Crippen molar-refractivity contribution < 1.29 is 18.4 Å². The highest BCUT2D eigenvalue weighted by atomic mass is 28.4. The maximum Gasteiger partial charge on any atom is 0.335 e. The fourth-order valence-electron chi connectivity index (χ4n) is 1.48. The molecule has 0 fully saturated rings. The molecule has 0 amide bonds. The van der Waals surface area contributed by atoms with Crippen LogP contribution in [0.4, 0.5) is 0 Å². The monoisotopic (exact) mass is 292 g/mol. The minimum absolute atomic E-state index is 0. The van der Waals surface area contributed by atoms with E-state index in [0.717, 1.165) is 12.5 Å². The van der Waals surface area contributed by atoms with E-state index in [0.29, 0.717) is 25.4 Å². The summed E-state index contributed by atoms with van der Waals surface area (Å²) in [6.45, 7) is 12.9. The SMILES string of the molecule is C=C(C)C(=O)OCCC[Si](C)(OCC)OCC.[SiH4]. The molecule has 0 rings (SSSR count). The first kappa shape index (κ1) is 19.9. The lowest BCUT2D eigenvalue weighted by Gasteiger charge is -2.25. The van der Waals surface area contributed by atoms with Crippen LogP contribution in [0.15, 0.2) is 12.2 Å². The van der Waals surface area contributed by atoms with Crippen LogP contribution in [0.1, 0.15) is 27.2 Å². The van der Waals surface area contributed by atoms with E-state index in [1.807, 2.05) is 20.4 Å². The molecule has 0 aromatic carbocycles. The van der Waals surface area contributed by atoms with E-state index in [4.69, 9.17) is 13.6 Å². The van der Waals surface area contributed by atoms with Gasteiger partial charge in [0.1, 0.15) is 0 Å². The van der Waals surface area contributed by atoms with Gasteiger partial charge in [0.05, 0.1) is 6.61 Å². The molecule has 0 aromatic rings. The van der Waals surface area contributed by atoms with Crippen LogP contribution in [0.2, 0.25) is 12.6 Å². The Balaban J connectivity index is 0. The van der Waals surface area contributed by atoms with Crippen LogP contribution in [-0.4, -0.2) is 45.3 Å². The number of ether oxygens (including phenoxy) is 1. The van der Waals surface area contributed by atoms with E-state index in [-0.39, 0.29) is 16.9 Å². The van der Waals surface area contributed by atoms with Crippen LogP contribution in [0.25, 0.3) is 0 Å². The lowest BCUT2D eigenvalue weighted by Crippen LogP contribution is -2.38. The second-order valence-electron chi connectivity index (χ2n) is 4.02. The van der Waals surface area contributed by atoms with Crippen molar-refractivity contribution in [3.63, 3.8) is 0 Å². The lowest BCUT2D eigenvalue weighted by molar-refractivity contribution is -0.138. The molecule has 6 heteroatoms. The molecule has 0 unspecified atom stereocenters. The van der Waals surface area contributed by atoms with Crippen molar-refractivity contribution in [2.45, 2.75) is 39.8 Å². The molecule has 0 atom stereocenters. The number of hydrogen-bond donors (Lipinski definition) is 0. The normalized spacial score (nSPS) is 10.7. The van der Waals surface area contributed by atoms with Gasteiger partial charge < -0.3 is 13.6 Å². The number of hydrogen-bond acceptors (Lipinski definition) is 4. The summed E-state index contributed by atoms with van der Waals surface area (Å²) < 4.78 is 16.4. The Morgan fingerprint density at radius 3 is 2.11 bits per heavy atom. The predicted molar refractivity (Wildman–Crippen MR) is 81.4 cm³/mol. The predicted octanol–water partition coefficient (Wildman–Crippen LogP) is 1.19. The molecule has 0 aromatic heterocycles. The summed E-state index contributed by atoms with van der Waals surface area (Å²) >= 11 is 0. The zero-order chi connectivity index (χ0) is 13.3. The third-order valence-corrected chi connectivity index (χ3v) is 5.32. The molecule has 0 bridgehead atoms. The lowest BCUT2D eigenvalue weighted by atomic mass is 10.4. The number of carbonyl (C=O) groups excluding carboxylic acids is 1. The molecule has 0 aliphatic heterocycles. The van der Waals surface area contributed by atoms with Gasteiger partial charge in [0.15, 0.2) is 0 Å². The van der Waals surface area contributed by atoms with Crippen molar-refractivity contribution in [3.05, 3.63) is 12.2 Å². The van der Waals surface area contributed by atoms with Crippen LogP contribution in [0.5, 0.6) is 0 Å². The second-order valence-corrected chi connectivity index (χ2v) is 7.36. The summed E-state index contributed by atoms with van der Waals surface area (Å²) in [4.78, 5) is 11.1. The maximum atomic E-state index is 11.1. The molecule has 0 spiro atoms. The largest absolute Gasteiger partial charge is 0.462 e. The summed E-state index contributed by atoms with van der Waals surface area (Å²) in [5.41, 5.74) is 0.430. The number of esters is 1. The quantitative estimate of drug-likeness (QED) is 0.277. The first-order valence-electron chi connectivity index (χ1n) is 6.05. The molecule has 0 radical (unpaired) electrons. The Morgan fingerprint density at radius 1 is 1.22 bits per heavy atom. The Kier molecular flexibility index (Phi) is 11.6. The third-order valence-electron chi connectivity index (χ3n) is 2.26. The van der Waals surface area contributed by atoms with Crippen LogP contribution < -0.4 is 0 Å². The Labute approximate surface area is 116 Å². The van der Waals surface area contributed by atoms with E-state index in [1.54, 1.807) is 6.92 Å². The molecule has 108 valence electrons. The third kappa shape index (κ3) is 8.62. The summed E-state index contributed by atoms with van der Waals surface area (Å²) in [6.07, 6.45) is 0.766. The molecule has 0 N–H and O–H groups in total. The zero-order valence-electron chi connectivity index (χ0n) is 11.4. The van der Waals surface area contributed by atoms with Gasteiger partial charge in [0.2, 0.25) is 0 Å². The minimum atomic E-state index is -2.06. The standard InChI is InChI=1S/C12H24O4Si.H4Si/c1-6-15-17(5,16-7-2)10-8-9-14-12(13)11(3)4;/h3,6-10H2,1-2,4-5H3;1H4. The van der Waals surface area contributed by atoms with Crippen LogP contribution in [0, 0.1) is 0 Å². The molecular weight excluding hydrogens is 264 g/mol. The van der Waals surface area contributed by atoms with Crippen molar-refractivity contribution in [1.82, 2.24) is 0 Å². The highest BCUT2D eigenvalue weighted by Crippen LogP contribution is 2.16. The van der Waals surface area contributed by atoms with Gasteiger partial charge in [-0.25, -0.2) is 4.79 Å². The Hall–Kier alpha value is -0.436. The molecule has 0 aliphatic rings. The first-order chi connectivity index (χ1) is 7.95. The first-order valence-corrected chi connectivity index (χ1v) is 8.58. The molecule has 0 saturated heterocycles. The highest BCUT2D eigenvalue weighted by Gasteiger charge is 2.29. The molecule has 4 nitrogen and oxygen atoms in total. The van der Waals surface area contributed by atoms with Gasteiger partial charge in [-0.15, -0.1) is 0 Å². The maximum absolute atomic E-state index is 11.1. The van der Waals surface area contributed by atoms with E-state index in [9.17, 15) is 4.79 Å². The van der Waals surface area contributed by atoms with Gasteiger partial charge in [-0.3, -0.25) is 0 Å². The fourth-order valence-corrected chi connectivity index (χ4v) is 3.86. The fraction of sp³-hybridized carbons (Fsp3) is 0.750. The highest BCUT2D eigenvalue weighted by molar-refractivity contribution is 6.66. The molecule has 0 aliphatic carbocycles. The van der Waals surface area contributed by atoms with E-state index in [2.05, 4.69) is 6.58 Å². The van der Waals surface area contributed by atoms with Crippen molar-refractivity contribution >= 4 is 25.5 Å². The Morgan fingerprint density at radius 2 is 1.72 bits per heavy atom. The van der Waals surface area contributed by atoms with Crippen molar-refractivity contribution in [2.75, 3.05) is 19.8 Å². The zero-order valence-corrected chi connectivity index (χ0v) is 12.4. The van der Waals surface area contributed by atoms with E-state index >= 15 is 0 Å². The van der Waals surface area contributed by atoms with Crippen LogP contribution in [-0.2, 0) is 18.4 Å².